The van der Waals surface area contributed by atoms with E-state index in [0.29, 0.717) is 0 Å². The van der Waals surface area contributed by atoms with Crippen molar-refractivity contribution in [1.82, 2.24) is 4.90 Å². The Hall–Kier alpha value is -0.163. The monoisotopic (exact) mass is 342 g/mol. The Balaban J connectivity index is 3.91. The average Bonchev–Trinajstić information content (AvgIpc) is 2.54. The van der Waals surface area contributed by atoms with Crippen molar-refractivity contribution in [3.05, 3.63) is 11.8 Å². The van der Waals surface area contributed by atoms with Crippen molar-refractivity contribution in [2.45, 2.75) is 65.8 Å². The van der Waals surface area contributed by atoms with Crippen molar-refractivity contribution >= 4 is 8.80 Å². The molecule has 0 heterocycles. The maximum Gasteiger partial charge on any atom is 0.0879 e. The molecule has 0 aromatic heterocycles. The number of unbranched alkanes of at least 4 members (excludes halogenated alkanes) is 5. The standard InChI is InChI=1S/C19H40NO2Si/c1-5-8-9-10-11-12-13-18-23(4)19-20(14-16-21-6-2)15-17-22-7-3/h13,18H,5-12,14-17,19H2,1-4H3/b18-13+. The summed E-state index contributed by atoms with van der Waals surface area (Å²) in [5.41, 5.74) is 2.48. The summed E-state index contributed by atoms with van der Waals surface area (Å²) >= 11 is 0. The highest BCUT2D eigenvalue weighted by Crippen LogP contribution is 2.05. The number of nitrogens with zero attached hydrogens (tertiary/aromatic N) is 1. The predicted octanol–water partition coefficient (Wildman–Crippen LogP) is 4.48. The van der Waals surface area contributed by atoms with Crippen LogP contribution in [0.3, 0.4) is 0 Å². The minimum Gasteiger partial charge on any atom is -0.380 e. The zero-order chi connectivity index (χ0) is 17.2. The molecule has 0 aliphatic rings. The van der Waals surface area contributed by atoms with Crippen LogP contribution in [0.5, 0.6) is 0 Å². The predicted molar refractivity (Wildman–Crippen MR) is 104 cm³/mol. The zero-order valence-electron chi connectivity index (χ0n) is 16.1. The summed E-state index contributed by atoms with van der Waals surface area (Å²) in [5, 5.41) is 0. The van der Waals surface area contributed by atoms with Gasteiger partial charge in [0.15, 0.2) is 0 Å². The third kappa shape index (κ3) is 16.5. The average molecular weight is 343 g/mol. The van der Waals surface area contributed by atoms with E-state index < -0.39 is 8.80 Å². The van der Waals surface area contributed by atoms with Gasteiger partial charge in [-0.2, -0.15) is 0 Å². The topological polar surface area (TPSA) is 21.7 Å². The van der Waals surface area contributed by atoms with E-state index in [0.717, 1.165) is 39.5 Å². The Morgan fingerprint density at radius 2 is 1.48 bits per heavy atom. The molecule has 3 nitrogen and oxygen atoms in total. The first kappa shape index (κ1) is 22.8. The van der Waals surface area contributed by atoms with Gasteiger partial charge in [-0.05, 0) is 32.9 Å². The smallest absolute Gasteiger partial charge is 0.0879 e. The lowest BCUT2D eigenvalue weighted by Gasteiger charge is -2.23. The van der Waals surface area contributed by atoms with Gasteiger partial charge in [0.25, 0.3) is 0 Å². The second-order valence-corrected chi connectivity index (χ2v) is 8.46. The van der Waals surface area contributed by atoms with E-state index in [4.69, 9.17) is 9.47 Å². The lowest BCUT2D eigenvalue weighted by atomic mass is 10.1. The van der Waals surface area contributed by atoms with E-state index in [2.05, 4.69) is 44.0 Å². The first-order valence-electron chi connectivity index (χ1n) is 9.61. The van der Waals surface area contributed by atoms with Crippen LogP contribution < -0.4 is 0 Å². The summed E-state index contributed by atoms with van der Waals surface area (Å²) < 4.78 is 11.0. The Bertz CT molecular complexity index is 252. The Kier molecular flexibility index (Phi) is 18.1. The van der Waals surface area contributed by atoms with Crippen LogP contribution in [0.2, 0.25) is 6.55 Å². The molecule has 0 N–H and O–H groups in total. The van der Waals surface area contributed by atoms with E-state index in [1.807, 2.05) is 0 Å². The van der Waals surface area contributed by atoms with Crippen LogP contribution in [0.1, 0.15) is 59.3 Å². The number of allylic oxidation sites excluding steroid dienone is 1. The van der Waals surface area contributed by atoms with Crippen LogP contribution in [0, 0.1) is 0 Å². The van der Waals surface area contributed by atoms with Gasteiger partial charge in [0.2, 0.25) is 0 Å². The van der Waals surface area contributed by atoms with Gasteiger partial charge in [-0.15, -0.1) is 0 Å². The molecule has 23 heavy (non-hydrogen) atoms. The molecule has 0 atom stereocenters. The van der Waals surface area contributed by atoms with Crippen molar-refractivity contribution in [2.24, 2.45) is 0 Å². The summed E-state index contributed by atoms with van der Waals surface area (Å²) in [5.74, 6) is 0. The molecular formula is C19H40NO2Si. The summed E-state index contributed by atoms with van der Waals surface area (Å²) in [6, 6.07) is 0. The van der Waals surface area contributed by atoms with E-state index in [9.17, 15) is 0 Å². The Morgan fingerprint density at radius 3 is 2.04 bits per heavy atom. The summed E-state index contributed by atoms with van der Waals surface area (Å²) in [7, 11) is -0.424. The van der Waals surface area contributed by atoms with Crippen LogP contribution in [0.25, 0.3) is 0 Å². The lowest BCUT2D eigenvalue weighted by molar-refractivity contribution is 0.0900. The molecule has 0 aromatic carbocycles. The van der Waals surface area contributed by atoms with Gasteiger partial charge in [-0.3, -0.25) is 0 Å². The van der Waals surface area contributed by atoms with Crippen LogP contribution in [-0.2, 0) is 9.47 Å². The molecule has 0 amide bonds. The molecular weight excluding hydrogens is 302 g/mol. The van der Waals surface area contributed by atoms with Crippen molar-refractivity contribution in [1.29, 1.82) is 0 Å². The molecule has 0 aliphatic carbocycles. The molecule has 0 rings (SSSR count). The molecule has 0 aromatic rings. The van der Waals surface area contributed by atoms with Crippen molar-refractivity contribution in [2.75, 3.05) is 45.7 Å². The Morgan fingerprint density at radius 1 is 0.870 bits per heavy atom. The largest absolute Gasteiger partial charge is 0.380 e. The van der Waals surface area contributed by atoms with E-state index in [1.165, 1.54) is 44.7 Å². The van der Waals surface area contributed by atoms with Gasteiger partial charge < -0.3 is 14.4 Å². The number of hydrogen-bond acceptors (Lipinski definition) is 3. The summed E-state index contributed by atoms with van der Waals surface area (Å²) in [6.07, 6.45) is 11.7. The van der Waals surface area contributed by atoms with Gasteiger partial charge in [0, 0.05) is 26.3 Å². The summed E-state index contributed by atoms with van der Waals surface area (Å²) in [6.45, 7) is 14.1. The molecule has 137 valence electrons. The van der Waals surface area contributed by atoms with Crippen LogP contribution in [0.4, 0.5) is 0 Å². The SMILES string of the molecule is CCCCCCC/C=C/[Si](C)CN(CCOCC)CCOCC. The zero-order valence-corrected chi connectivity index (χ0v) is 17.1. The minimum absolute atomic E-state index is 0.424. The molecule has 0 bridgehead atoms. The fourth-order valence-corrected chi connectivity index (χ4v) is 4.20. The highest BCUT2D eigenvalue weighted by atomic mass is 28.3. The number of ether oxygens (including phenoxy) is 2. The molecule has 0 saturated carbocycles. The highest BCUT2D eigenvalue weighted by Gasteiger charge is 2.09. The fourth-order valence-electron chi connectivity index (χ4n) is 2.50. The first-order chi connectivity index (χ1) is 11.2. The Labute approximate surface area is 147 Å². The molecule has 4 heteroatoms. The van der Waals surface area contributed by atoms with E-state index >= 15 is 0 Å². The second kappa shape index (κ2) is 18.2. The third-order valence-corrected chi connectivity index (χ3v) is 5.61. The van der Waals surface area contributed by atoms with Gasteiger partial charge >= 0.3 is 0 Å². The number of hydrogen-bond donors (Lipinski definition) is 0. The van der Waals surface area contributed by atoms with E-state index in [-0.39, 0.29) is 0 Å². The maximum absolute atomic E-state index is 5.51. The van der Waals surface area contributed by atoms with Crippen LogP contribution >= 0.6 is 0 Å². The van der Waals surface area contributed by atoms with Crippen molar-refractivity contribution < 1.29 is 9.47 Å². The quantitative estimate of drug-likeness (QED) is 0.287. The van der Waals surface area contributed by atoms with Crippen LogP contribution in [0.15, 0.2) is 11.8 Å². The lowest BCUT2D eigenvalue weighted by Crippen LogP contribution is -2.37. The van der Waals surface area contributed by atoms with Gasteiger partial charge in [-0.25, -0.2) is 0 Å². The normalized spacial score (nSPS) is 12.1. The van der Waals surface area contributed by atoms with E-state index in [1.54, 1.807) is 0 Å². The maximum atomic E-state index is 5.51. The second-order valence-electron chi connectivity index (χ2n) is 6.12. The van der Waals surface area contributed by atoms with Crippen molar-refractivity contribution in [3.8, 4) is 0 Å². The summed E-state index contributed by atoms with van der Waals surface area (Å²) in [4.78, 5) is 2.51. The third-order valence-electron chi connectivity index (χ3n) is 3.86. The molecule has 0 fully saturated rings. The molecule has 0 aliphatic heterocycles. The van der Waals surface area contributed by atoms with Crippen LogP contribution in [-0.4, -0.2) is 59.4 Å². The molecule has 0 saturated heterocycles. The minimum atomic E-state index is -0.424. The first-order valence-corrected chi connectivity index (χ1v) is 11.9. The molecule has 0 unspecified atom stereocenters. The van der Waals surface area contributed by atoms with Gasteiger partial charge in [0.05, 0.1) is 22.0 Å². The fraction of sp³-hybridized carbons (Fsp3) is 0.895. The number of rotatable bonds is 17. The molecule has 0 spiro atoms. The van der Waals surface area contributed by atoms with Gasteiger partial charge in [-0.1, -0.05) is 50.9 Å². The van der Waals surface area contributed by atoms with Crippen molar-refractivity contribution in [3.63, 3.8) is 0 Å². The highest BCUT2D eigenvalue weighted by molar-refractivity contribution is 6.63. The van der Waals surface area contributed by atoms with Gasteiger partial charge in [0.1, 0.15) is 0 Å². The molecule has 1 radical (unpaired) electrons.